The molecule has 0 fully saturated rings. The van der Waals surface area contributed by atoms with E-state index in [2.05, 4.69) is 9.71 Å². The number of fused-ring (bicyclic) bond motifs is 1. The highest BCUT2D eigenvalue weighted by atomic mass is 32.2. The van der Waals surface area contributed by atoms with Crippen LogP contribution in [0.4, 0.5) is 5.69 Å². The van der Waals surface area contributed by atoms with E-state index in [4.69, 9.17) is 5.73 Å². The Morgan fingerprint density at radius 2 is 2.11 bits per heavy atom. The van der Waals surface area contributed by atoms with Crippen LogP contribution in [0.15, 0.2) is 29.3 Å². The van der Waals surface area contributed by atoms with Gasteiger partial charge in [0.15, 0.2) is 0 Å². The lowest BCUT2D eigenvalue weighted by atomic mass is 10.1. The van der Waals surface area contributed by atoms with Crippen molar-refractivity contribution in [3.63, 3.8) is 0 Å². The Labute approximate surface area is 111 Å². The van der Waals surface area contributed by atoms with Gasteiger partial charge in [0, 0.05) is 29.3 Å². The summed E-state index contributed by atoms with van der Waals surface area (Å²) in [5.41, 5.74) is 5.75. The van der Waals surface area contributed by atoms with E-state index in [1.165, 1.54) is 20.0 Å². The van der Waals surface area contributed by atoms with Crippen LogP contribution in [-0.2, 0) is 10.0 Å². The maximum Gasteiger partial charge on any atom is 0.242 e. The summed E-state index contributed by atoms with van der Waals surface area (Å²) < 4.78 is 26.7. The second-order valence-electron chi connectivity index (χ2n) is 5.09. The van der Waals surface area contributed by atoms with Crippen molar-refractivity contribution in [2.45, 2.75) is 24.3 Å². The number of anilines is 1. The molecule has 0 radical (unpaired) electrons. The number of H-pyrrole nitrogens is 1. The second kappa shape index (κ2) is 4.52. The number of hydrogen-bond acceptors (Lipinski definition) is 4. The molecule has 2 aromatic rings. The van der Waals surface area contributed by atoms with E-state index in [0.29, 0.717) is 16.6 Å². The van der Waals surface area contributed by atoms with Gasteiger partial charge in [-0.1, -0.05) is 0 Å². The van der Waals surface area contributed by atoms with Crippen LogP contribution in [0.3, 0.4) is 0 Å². The molecular weight excluding hydrogens is 266 g/mol. The van der Waals surface area contributed by atoms with Crippen LogP contribution in [0.5, 0.6) is 0 Å². The minimum absolute atomic E-state index is 0.0586. The van der Waals surface area contributed by atoms with Crippen molar-refractivity contribution >= 4 is 26.6 Å². The molecule has 0 bridgehead atoms. The van der Waals surface area contributed by atoms with Gasteiger partial charge < -0.3 is 15.8 Å². The molecule has 104 valence electrons. The predicted molar refractivity (Wildman–Crippen MR) is 74.2 cm³/mol. The molecule has 0 aliphatic carbocycles. The summed E-state index contributed by atoms with van der Waals surface area (Å²) in [6.45, 7) is 3.01. The van der Waals surface area contributed by atoms with Gasteiger partial charge in [0.05, 0.1) is 5.60 Å². The van der Waals surface area contributed by atoms with Gasteiger partial charge in [0.25, 0.3) is 0 Å². The van der Waals surface area contributed by atoms with E-state index in [-0.39, 0.29) is 11.4 Å². The molecule has 1 aromatic carbocycles. The average molecular weight is 283 g/mol. The van der Waals surface area contributed by atoms with Crippen LogP contribution in [0, 0.1) is 0 Å². The molecule has 0 aliphatic heterocycles. The number of aromatic amines is 1. The van der Waals surface area contributed by atoms with Gasteiger partial charge in [-0.3, -0.25) is 0 Å². The molecule has 7 heteroatoms. The molecule has 0 amide bonds. The van der Waals surface area contributed by atoms with E-state index in [1.807, 2.05) is 0 Å². The van der Waals surface area contributed by atoms with Crippen LogP contribution in [0.25, 0.3) is 10.9 Å². The molecular formula is C12H17N3O3S. The minimum Gasteiger partial charge on any atom is -0.399 e. The van der Waals surface area contributed by atoms with Crippen molar-refractivity contribution in [3.05, 3.63) is 24.4 Å². The fourth-order valence-electron chi connectivity index (χ4n) is 1.69. The van der Waals surface area contributed by atoms with Gasteiger partial charge >= 0.3 is 0 Å². The van der Waals surface area contributed by atoms with Crippen molar-refractivity contribution in [1.29, 1.82) is 0 Å². The standard InChI is InChI=1S/C12H17N3O3S/c1-12(2,16)7-15-19(17,18)11-6-14-10-5-8(13)3-4-9(10)11/h3-6,14-16H,7,13H2,1-2H3. The lowest BCUT2D eigenvalue weighted by Gasteiger charge is -2.17. The third-order valence-electron chi connectivity index (χ3n) is 2.65. The lowest BCUT2D eigenvalue weighted by molar-refractivity contribution is 0.0857. The summed E-state index contributed by atoms with van der Waals surface area (Å²) in [7, 11) is -3.67. The first kappa shape index (κ1) is 13.9. The van der Waals surface area contributed by atoms with Gasteiger partial charge in [0.1, 0.15) is 4.90 Å². The van der Waals surface area contributed by atoms with E-state index < -0.39 is 15.6 Å². The summed E-state index contributed by atoms with van der Waals surface area (Å²) in [6, 6.07) is 4.97. The van der Waals surface area contributed by atoms with Crippen molar-refractivity contribution in [2.24, 2.45) is 0 Å². The van der Waals surface area contributed by atoms with Crippen molar-refractivity contribution in [1.82, 2.24) is 9.71 Å². The van der Waals surface area contributed by atoms with E-state index in [0.717, 1.165) is 0 Å². The first-order valence-corrected chi connectivity index (χ1v) is 7.26. The van der Waals surface area contributed by atoms with Crippen molar-refractivity contribution in [3.8, 4) is 0 Å². The molecule has 1 aromatic heterocycles. The van der Waals surface area contributed by atoms with Gasteiger partial charge in [-0.2, -0.15) is 0 Å². The Kier molecular flexibility index (Phi) is 3.29. The number of sulfonamides is 1. The van der Waals surface area contributed by atoms with Crippen LogP contribution in [0.1, 0.15) is 13.8 Å². The first-order chi connectivity index (χ1) is 8.69. The van der Waals surface area contributed by atoms with E-state index in [1.54, 1.807) is 18.2 Å². The Morgan fingerprint density at radius 3 is 2.74 bits per heavy atom. The highest BCUT2D eigenvalue weighted by Gasteiger charge is 2.22. The molecule has 1 heterocycles. The third kappa shape index (κ3) is 3.06. The molecule has 0 aliphatic rings. The van der Waals surface area contributed by atoms with Gasteiger partial charge in [-0.05, 0) is 32.0 Å². The Bertz CT molecular complexity index is 699. The van der Waals surface area contributed by atoms with Gasteiger partial charge in [-0.15, -0.1) is 0 Å². The molecule has 2 rings (SSSR count). The fourth-order valence-corrected chi connectivity index (χ4v) is 3.07. The number of nitrogens with one attached hydrogen (secondary N) is 2. The molecule has 0 atom stereocenters. The summed E-state index contributed by atoms with van der Waals surface area (Å²) in [5.74, 6) is 0. The zero-order valence-corrected chi connectivity index (χ0v) is 11.6. The highest BCUT2D eigenvalue weighted by Crippen LogP contribution is 2.24. The normalized spacial score (nSPS) is 13.0. The molecule has 0 unspecified atom stereocenters. The number of aliphatic hydroxyl groups is 1. The van der Waals surface area contributed by atoms with E-state index >= 15 is 0 Å². The Balaban J connectivity index is 2.38. The van der Waals surface area contributed by atoms with Gasteiger partial charge in [-0.25, -0.2) is 13.1 Å². The maximum absolute atomic E-state index is 12.2. The molecule has 0 spiro atoms. The Hall–Kier alpha value is -1.57. The quantitative estimate of drug-likeness (QED) is 0.622. The number of aromatic nitrogens is 1. The summed E-state index contributed by atoms with van der Waals surface area (Å²) in [4.78, 5) is 3.02. The van der Waals surface area contributed by atoms with Gasteiger partial charge in [0.2, 0.25) is 10.0 Å². The topological polar surface area (TPSA) is 108 Å². The lowest BCUT2D eigenvalue weighted by Crippen LogP contribution is -2.38. The van der Waals surface area contributed by atoms with Crippen LogP contribution in [0.2, 0.25) is 0 Å². The molecule has 19 heavy (non-hydrogen) atoms. The molecule has 5 N–H and O–H groups in total. The maximum atomic E-state index is 12.2. The van der Waals surface area contributed by atoms with Crippen molar-refractivity contribution in [2.75, 3.05) is 12.3 Å². The predicted octanol–water partition coefficient (Wildman–Crippen LogP) is 0.799. The summed E-state index contributed by atoms with van der Waals surface area (Å²) in [5, 5.41) is 10.1. The smallest absolute Gasteiger partial charge is 0.242 e. The summed E-state index contributed by atoms with van der Waals surface area (Å²) >= 11 is 0. The average Bonchev–Trinajstić information content (AvgIpc) is 2.69. The molecule has 0 saturated heterocycles. The fraction of sp³-hybridized carbons (Fsp3) is 0.333. The Morgan fingerprint density at radius 1 is 1.42 bits per heavy atom. The van der Waals surface area contributed by atoms with E-state index in [9.17, 15) is 13.5 Å². The van der Waals surface area contributed by atoms with Crippen molar-refractivity contribution < 1.29 is 13.5 Å². The summed E-state index contributed by atoms with van der Waals surface area (Å²) in [6.07, 6.45) is 1.41. The number of nitrogens with two attached hydrogens (primary N) is 1. The van der Waals surface area contributed by atoms with Crippen LogP contribution < -0.4 is 10.5 Å². The SMILES string of the molecule is CC(C)(O)CNS(=O)(=O)c1c[nH]c2cc(N)ccc12. The number of benzene rings is 1. The highest BCUT2D eigenvalue weighted by molar-refractivity contribution is 7.89. The number of nitrogen functional groups attached to an aromatic ring is 1. The third-order valence-corrected chi connectivity index (χ3v) is 4.09. The zero-order chi connectivity index (χ0) is 14.3. The monoisotopic (exact) mass is 283 g/mol. The molecule has 6 nitrogen and oxygen atoms in total. The van der Waals surface area contributed by atoms with Crippen LogP contribution >= 0.6 is 0 Å². The minimum atomic E-state index is -3.67. The zero-order valence-electron chi connectivity index (χ0n) is 10.8. The largest absolute Gasteiger partial charge is 0.399 e. The second-order valence-corrected chi connectivity index (χ2v) is 6.83. The molecule has 0 saturated carbocycles. The number of hydrogen-bond donors (Lipinski definition) is 4. The first-order valence-electron chi connectivity index (χ1n) is 5.78. The van der Waals surface area contributed by atoms with Crippen LogP contribution in [-0.4, -0.2) is 30.7 Å². The number of rotatable bonds is 4.